The zero-order valence-electron chi connectivity index (χ0n) is 11.7. The summed E-state index contributed by atoms with van der Waals surface area (Å²) < 4.78 is 0. The number of aromatic amines is 1. The molecule has 5 nitrogen and oxygen atoms in total. The Labute approximate surface area is 117 Å². The van der Waals surface area contributed by atoms with Gasteiger partial charge in [0.25, 0.3) is 5.56 Å². The molecule has 0 fully saturated rings. The van der Waals surface area contributed by atoms with Gasteiger partial charge in [-0.3, -0.25) is 9.59 Å². The monoisotopic (exact) mass is 283 g/mol. The highest BCUT2D eigenvalue weighted by Gasteiger charge is 2.12. The molecule has 1 amide bonds. The van der Waals surface area contributed by atoms with E-state index in [1.807, 2.05) is 4.90 Å². The highest BCUT2D eigenvalue weighted by molar-refractivity contribution is 7.99. The first kappa shape index (κ1) is 15.8. The second-order valence-electron chi connectivity index (χ2n) is 4.36. The summed E-state index contributed by atoms with van der Waals surface area (Å²) >= 11 is 1.28. The molecule has 6 heteroatoms. The topological polar surface area (TPSA) is 66.1 Å². The molecule has 0 spiro atoms. The molecule has 0 saturated carbocycles. The SMILES string of the molecule is CCCN(CCC)C(=O)CSc1nc(C)cc(=O)[nH]1. The van der Waals surface area contributed by atoms with Gasteiger partial charge in [0.05, 0.1) is 5.75 Å². The molecule has 0 atom stereocenters. The van der Waals surface area contributed by atoms with E-state index < -0.39 is 0 Å². The van der Waals surface area contributed by atoms with Crippen molar-refractivity contribution in [1.29, 1.82) is 0 Å². The van der Waals surface area contributed by atoms with Crippen molar-refractivity contribution in [3.8, 4) is 0 Å². The number of H-pyrrole nitrogens is 1. The number of nitrogens with zero attached hydrogens (tertiary/aromatic N) is 2. The second kappa shape index (κ2) is 7.99. The molecule has 0 aliphatic heterocycles. The van der Waals surface area contributed by atoms with Gasteiger partial charge >= 0.3 is 0 Å². The summed E-state index contributed by atoms with van der Waals surface area (Å²) in [4.78, 5) is 32.0. The van der Waals surface area contributed by atoms with Crippen LogP contribution >= 0.6 is 11.8 Å². The average molecular weight is 283 g/mol. The number of hydrogen-bond acceptors (Lipinski definition) is 4. The molecule has 0 aliphatic rings. The Bertz CT molecular complexity index is 467. The fraction of sp³-hybridized carbons (Fsp3) is 0.615. The zero-order chi connectivity index (χ0) is 14.3. The number of rotatable bonds is 7. The summed E-state index contributed by atoms with van der Waals surface area (Å²) in [6, 6.07) is 1.44. The van der Waals surface area contributed by atoms with E-state index in [9.17, 15) is 9.59 Å². The quantitative estimate of drug-likeness (QED) is 0.612. The summed E-state index contributed by atoms with van der Waals surface area (Å²) in [5.41, 5.74) is 0.485. The van der Waals surface area contributed by atoms with Gasteiger partial charge in [0, 0.05) is 24.8 Å². The summed E-state index contributed by atoms with van der Waals surface area (Å²) in [7, 11) is 0. The molecule has 0 aromatic carbocycles. The van der Waals surface area contributed by atoms with Gasteiger partial charge in [0.2, 0.25) is 5.91 Å². The number of carbonyl (C=O) groups excluding carboxylic acids is 1. The number of carbonyl (C=O) groups is 1. The van der Waals surface area contributed by atoms with Crippen LogP contribution in [0.5, 0.6) is 0 Å². The van der Waals surface area contributed by atoms with Gasteiger partial charge in [-0.1, -0.05) is 25.6 Å². The van der Waals surface area contributed by atoms with Gasteiger partial charge in [-0.25, -0.2) is 4.98 Å². The predicted molar refractivity (Wildman–Crippen MR) is 77.5 cm³/mol. The number of nitrogens with one attached hydrogen (secondary N) is 1. The van der Waals surface area contributed by atoms with Gasteiger partial charge in [0.1, 0.15) is 0 Å². The number of amides is 1. The number of hydrogen-bond donors (Lipinski definition) is 1. The van der Waals surface area contributed by atoms with Crippen LogP contribution in [0.4, 0.5) is 0 Å². The summed E-state index contributed by atoms with van der Waals surface area (Å²) in [5.74, 6) is 0.407. The van der Waals surface area contributed by atoms with Crippen molar-refractivity contribution in [3.05, 3.63) is 22.1 Å². The maximum atomic E-state index is 12.1. The number of aryl methyl sites for hydroxylation is 1. The fourth-order valence-electron chi connectivity index (χ4n) is 1.74. The second-order valence-corrected chi connectivity index (χ2v) is 5.33. The molecule has 1 N–H and O–H groups in total. The van der Waals surface area contributed by atoms with Crippen LogP contribution < -0.4 is 5.56 Å². The van der Waals surface area contributed by atoms with Crippen molar-refractivity contribution >= 4 is 17.7 Å². The van der Waals surface area contributed by atoms with Crippen LogP contribution in [0.15, 0.2) is 16.0 Å². The smallest absolute Gasteiger partial charge is 0.251 e. The van der Waals surface area contributed by atoms with Crippen molar-refractivity contribution in [2.75, 3.05) is 18.8 Å². The highest BCUT2D eigenvalue weighted by Crippen LogP contribution is 2.12. The van der Waals surface area contributed by atoms with E-state index in [1.54, 1.807) is 6.92 Å². The molecule has 106 valence electrons. The lowest BCUT2D eigenvalue weighted by Crippen LogP contribution is -2.33. The van der Waals surface area contributed by atoms with Crippen molar-refractivity contribution in [3.63, 3.8) is 0 Å². The molecule has 1 aromatic rings. The molecule has 1 rings (SSSR count). The lowest BCUT2D eigenvalue weighted by molar-refractivity contribution is -0.128. The van der Waals surface area contributed by atoms with Crippen LogP contribution in [0.3, 0.4) is 0 Å². The first-order chi connectivity index (χ1) is 9.06. The summed E-state index contributed by atoms with van der Waals surface area (Å²) in [6.07, 6.45) is 1.91. The van der Waals surface area contributed by atoms with Gasteiger partial charge in [0.15, 0.2) is 5.16 Å². The minimum absolute atomic E-state index is 0.0952. The van der Waals surface area contributed by atoms with E-state index in [0.29, 0.717) is 16.6 Å². The van der Waals surface area contributed by atoms with Crippen LogP contribution in [0, 0.1) is 6.92 Å². The van der Waals surface area contributed by atoms with Crippen molar-refractivity contribution < 1.29 is 4.79 Å². The van der Waals surface area contributed by atoms with E-state index in [1.165, 1.54) is 17.8 Å². The molecule has 1 aromatic heterocycles. The zero-order valence-corrected chi connectivity index (χ0v) is 12.5. The largest absolute Gasteiger partial charge is 0.342 e. The van der Waals surface area contributed by atoms with Crippen LogP contribution in [0.2, 0.25) is 0 Å². The third kappa shape index (κ3) is 5.46. The summed E-state index contributed by atoms with van der Waals surface area (Å²) in [6.45, 7) is 7.45. The fourth-order valence-corrected chi connectivity index (χ4v) is 2.57. The van der Waals surface area contributed by atoms with Crippen LogP contribution in [0.1, 0.15) is 32.4 Å². The first-order valence-electron chi connectivity index (χ1n) is 6.55. The number of thioether (sulfide) groups is 1. The Kier molecular flexibility index (Phi) is 6.62. The Balaban J connectivity index is 2.59. The molecule has 0 unspecified atom stereocenters. The molecular formula is C13H21N3O2S. The van der Waals surface area contributed by atoms with E-state index in [4.69, 9.17) is 0 Å². The molecule has 0 aliphatic carbocycles. The van der Waals surface area contributed by atoms with Gasteiger partial charge in [-0.2, -0.15) is 0 Å². The van der Waals surface area contributed by atoms with Gasteiger partial charge in [-0.15, -0.1) is 0 Å². The normalized spacial score (nSPS) is 10.5. The van der Waals surface area contributed by atoms with Gasteiger partial charge in [-0.05, 0) is 19.8 Å². The molecule has 0 bridgehead atoms. The van der Waals surface area contributed by atoms with Crippen LogP contribution in [0.25, 0.3) is 0 Å². The van der Waals surface area contributed by atoms with Crippen LogP contribution in [-0.2, 0) is 4.79 Å². The van der Waals surface area contributed by atoms with E-state index in [0.717, 1.165) is 25.9 Å². The Morgan fingerprint density at radius 3 is 2.53 bits per heavy atom. The number of aromatic nitrogens is 2. The lowest BCUT2D eigenvalue weighted by atomic mass is 10.3. The van der Waals surface area contributed by atoms with Crippen LogP contribution in [-0.4, -0.2) is 39.6 Å². The average Bonchev–Trinajstić information content (AvgIpc) is 2.34. The highest BCUT2D eigenvalue weighted by atomic mass is 32.2. The Morgan fingerprint density at radius 1 is 1.37 bits per heavy atom. The maximum absolute atomic E-state index is 12.1. The minimum Gasteiger partial charge on any atom is -0.342 e. The Hall–Kier alpha value is -1.30. The first-order valence-corrected chi connectivity index (χ1v) is 7.54. The van der Waals surface area contributed by atoms with E-state index in [-0.39, 0.29) is 11.5 Å². The molecular weight excluding hydrogens is 262 g/mol. The molecule has 0 radical (unpaired) electrons. The third-order valence-corrected chi connectivity index (χ3v) is 3.38. The maximum Gasteiger partial charge on any atom is 0.251 e. The van der Waals surface area contributed by atoms with Gasteiger partial charge < -0.3 is 9.88 Å². The van der Waals surface area contributed by atoms with E-state index >= 15 is 0 Å². The minimum atomic E-state index is -0.179. The molecule has 0 saturated heterocycles. The molecule has 1 heterocycles. The van der Waals surface area contributed by atoms with Crippen molar-refractivity contribution in [2.45, 2.75) is 38.8 Å². The molecule has 19 heavy (non-hydrogen) atoms. The standard InChI is InChI=1S/C13H21N3O2S/c1-4-6-16(7-5-2)12(18)9-19-13-14-10(3)8-11(17)15-13/h8H,4-7,9H2,1-3H3,(H,14,15,17). The van der Waals surface area contributed by atoms with E-state index in [2.05, 4.69) is 23.8 Å². The third-order valence-electron chi connectivity index (χ3n) is 2.52. The Morgan fingerprint density at radius 2 is 2.00 bits per heavy atom. The predicted octanol–water partition coefficient (Wildman–Crippen LogP) is 1.82. The van der Waals surface area contributed by atoms with Crippen molar-refractivity contribution in [2.24, 2.45) is 0 Å². The van der Waals surface area contributed by atoms with Crippen molar-refractivity contribution in [1.82, 2.24) is 14.9 Å². The lowest BCUT2D eigenvalue weighted by Gasteiger charge is -2.21. The summed E-state index contributed by atoms with van der Waals surface area (Å²) in [5, 5.41) is 0.506.